The van der Waals surface area contributed by atoms with Gasteiger partial charge >= 0.3 is 0 Å². The van der Waals surface area contributed by atoms with Crippen molar-refractivity contribution in [1.29, 1.82) is 0 Å². The van der Waals surface area contributed by atoms with Crippen molar-refractivity contribution < 1.29 is 9.26 Å². The van der Waals surface area contributed by atoms with Crippen LogP contribution in [-0.4, -0.2) is 34.3 Å². The van der Waals surface area contributed by atoms with Gasteiger partial charge in [-0.1, -0.05) is 5.16 Å². The molecule has 0 bridgehead atoms. The van der Waals surface area contributed by atoms with Gasteiger partial charge < -0.3 is 15.0 Å². The molecule has 1 aromatic rings. The average molecular weight is 229 g/mol. The van der Waals surface area contributed by atoms with E-state index in [0.717, 1.165) is 18.1 Å². The van der Waals surface area contributed by atoms with E-state index in [1.165, 1.54) is 0 Å². The Morgan fingerprint density at radius 2 is 2.53 bits per heavy atom. The third-order valence-corrected chi connectivity index (χ3v) is 3.08. The molecule has 2 rings (SSSR count). The van der Waals surface area contributed by atoms with E-state index in [9.17, 15) is 0 Å². The van der Waals surface area contributed by atoms with E-state index in [0.29, 0.717) is 18.1 Å². The monoisotopic (exact) mass is 229 g/mol. The molecule has 0 aromatic carbocycles. The number of rotatable bonds is 3. The summed E-state index contributed by atoms with van der Waals surface area (Å²) in [7, 11) is 0. The number of nitrogens with zero attached hydrogens (tertiary/aromatic N) is 2. The van der Waals surface area contributed by atoms with Crippen molar-refractivity contribution in [3.8, 4) is 0 Å². The molecule has 0 spiro atoms. The number of hydrogen-bond acceptors (Lipinski definition) is 6. The molecule has 1 aliphatic heterocycles. The number of hydrogen-bond donors (Lipinski definition) is 1. The van der Waals surface area contributed by atoms with E-state index in [1.807, 2.05) is 18.7 Å². The van der Waals surface area contributed by atoms with E-state index in [-0.39, 0.29) is 12.1 Å². The highest BCUT2D eigenvalue weighted by molar-refractivity contribution is 7.99. The highest BCUT2D eigenvalue weighted by atomic mass is 32.2. The molecule has 1 aliphatic rings. The molecule has 2 heterocycles. The summed E-state index contributed by atoms with van der Waals surface area (Å²) in [6.07, 6.45) is 0.599. The summed E-state index contributed by atoms with van der Waals surface area (Å²) in [5.41, 5.74) is 5.65. The van der Waals surface area contributed by atoms with Gasteiger partial charge in [-0.25, -0.2) is 0 Å². The lowest BCUT2D eigenvalue weighted by molar-refractivity contribution is 0.0677. The molecule has 1 aromatic heterocycles. The van der Waals surface area contributed by atoms with Crippen LogP contribution >= 0.6 is 11.8 Å². The maximum atomic E-state index is 5.65. The van der Waals surface area contributed by atoms with E-state index in [4.69, 9.17) is 15.0 Å². The van der Waals surface area contributed by atoms with Crippen LogP contribution in [0.4, 0.5) is 0 Å². The molecule has 15 heavy (non-hydrogen) atoms. The molecule has 0 saturated carbocycles. The average Bonchev–Trinajstić information content (AvgIpc) is 2.67. The number of ether oxygens (including phenoxy) is 1. The molecule has 0 aliphatic carbocycles. The molecule has 5 nitrogen and oxygen atoms in total. The molecule has 84 valence electrons. The molecule has 2 atom stereocenters. The van der Waals surface area contributed by atoms with Crippen molar-refractivity contribution in [1.82, 2.24) is 10.1 Å². The van der Waals surface area contributed by atoms with Gasteiger partial charge in [0, 0.05) is 24.0 Å². The van der Waals surface area contributed by atoms with Crippen molar-refractivity contribution in [2.24, 2.45) is 5.73 Å². The predicted octanol–water partition coefficient (Wildman–Crippen LogP) is 0.764. The minimum atomic E-state index is -0.0191. The van der Waals surface area contributed by atoms with Gasteiger partial charge in [-0.15, -0.1) is 0 Å². The van der Waals surface area contributed by atoms with Crippen molar-refractivity contribution in [3.63, 3.8) is 0 Å². The Morgan fingerprint density at radius 1 is 1.67 bits per heavy atom. The van der Waals surface area contributed by atoms with Crippen LogP contribution in [0.5, 0.6) is 0 Å². The summed E-state index contributed by atoms with van der Waals surface area (Å²) in [6, 6.07) is 0.0416. The maximum absolute atomic E-state index is 5.65. The molecule has 2 N–H and O–H groups in total. The van der Waals surface area contributed by atoms with Gasteiger partial charge in [0.15, 0.2) is 0 Å². The van der Waals surface area contributed by atoms with Gasteiger partial charge in [-0.05, 0) is 6.92 Å². The molecule has 6 heteroatoms. The molecule has 2 unspecified atom stereocenters. The van der Waals surface area contributed by atoms with Crippen LogP contribution in [0.3, 0.4) is 0 Å². The third-order valence-electron chi connectivity index (χ3n) is 2.08. The van der Waals surface area contributed by atoms with Gasteiger partial charge in [-0.3, -0.25) is 0 Å². The van der Waals surface area contributed by atoms with Crippen molar-refractivity contribution in [2.45, 2.75) is 25.5 Å². The quantitative estimate of drug-likeness (QED) is 0.825. The van der Waals surface area contributed by atoms with Crippen LogP contribution in [0.15, 0.2) is 4.52 Å². The van der Waals surface area contributed by atoms with Crippen LogP contribution < -0.4 is 5.73 Å². The Labute approximate surface area is 92.7 Å². The Bertz CT molecular complexity index is 310. The lowest BCUT2D eigenvalue weighted by Gasteiger charge is -2.18. The highest BCUT2D eigenvalue weighted by Gasteiger charge is 2.22. The summed E-state index contributed by atoms with van der Waals surface area (Å²) in [4.78, 5) is 4.28. The Hall–Kier alpha value is -0.590. The van der Waals surface area contributed by atoms with Gasteiger partial charge in [-0.2, -0.15) is 16.7 Å². The second-order valence-electron chi connectivity index (χ2n) is 3.66. The van der Waals surface area contributed by atoms with Gasteiger partial charge in [0.1, 0.15) is 6.10 Å². The Morgan fingerprint density at radius 3 is 3.20 bits per heavy atom. The first-order chi connectivity index (χ1) is 7.25. The smallest absolute Gasteiger partial charge is 0.228 e. The molecule has 0 radical (unpaired) electrons. The van der Waals surface area contributed by atoms with E-state index >= 15 is 0 Å². The molecule has 1 fully saturated rings. The summed E-state index contributed by atoms with van der Waals surface area (Å²) >= 11 is 1.85. The molecule has 0 amide bonds. The number of nitrogens with two attached hydrogens (primary N) is 1. The number of aromatic nitrogens is 2. The zero-order valence-corrected chi connectivity index (χ0v) is 9.50. The van der Waals surface area contributed by atoms with Crippen molar-refractivity contribution >= 4 is 11.8 Å². The summed E-state index contributed by atoms with van der Waals surface area (Å²) < 4.78 is 10.6. The zero-order chi connectivity index (χ0) is 10.7. The van der Waals surface area contributed by atoms with E-state index in [1.54, 1.807) is 0 Å². The van der Waals surface area contributed by atoms with Crippen molar-refractivity contribution in [3.05, 3.63) is 11.7 Å². The second-order valence-corrected chi connectivity index (χ2v) is 4.81. The fourth-order valence-electron chi connectivity index (χ4n) is 1.39. The van der Waals surface area contributed by atoms with Crippen LogP contribution in [0.1, 0.15) is 24.7 Å². The topological polar surface area (TPSA) is 74.2 Å². The molecule has 1 saturated heterocycles. The first kappa shape index (κ1) is 10.9. The van der Waals surface area contributed by atoms with E-state index < -0.39 is 0 Å². The second kappa shape index (κ2) is 4.96. The van der Waals surface area contributed by atoms with Crippen LogP contribution in [-0.2, 0) is 11.2 Å². The SMILES string of the molecule is CC(N)Cc1nc(C2CSCCO2)no1. The Kier molecular flexibility index (Phi) is 3.61. The van der Waals surface area contributed by atoms with Gasteiger partial charge in [0.05, 0.1) is 6.61 Å². The lowest BCUT2D eigenvalue weighted by atomic mass is 10.2. The minimum Gasteiger partial charge on any atom is -0.368 e. The van der Waals surface area contributed by atoms with Crippen molar-refractivity contribution in [2.75, 3.05) is 18.1 Å². The van der Waals surface area contributed by atoms with Crippen LogP contribution in [0.25, 0.3) is 0 Å². The van der Waals surface area contributed by atoms with Crippen LogP contribution in [0.2, 0.25) is 0 Å². The summed E-state index contributed by atoms with van der Waals surface area (Å²) in [6.45, 7) is 2.67. The van der Waals surface area contributed by atoms with Gasteiger partial charge in [0.2, 0.25) is 11.7 Å². The lowest BCUT2D eigenvalue weighted by Crippen LogP contribution is -2.19. The first-order valence-electron chi connectivity index (χ1n) is 5.03. The molecular weight excluding hydrogens is 214 g/mol. The predicted molar refractivity (Wildman–Crippen MR) is 57.7 cm³/mol. The largest absolute Gasteiger partial charge is 0.368 e. The minimum absolute atomic E-state index is 0.0191. The fraction of sp³-hybridized carbons (Fsp3) is 0.778. The van der Waals surface area contributed by atoms with Crippen LogP contribution in [0, 0.1) is 0 Å². The highest BCUT2D eigenvalue weighted by Crippen LogP contribution is 2.24. The molecular formula is C9H15N3O2S. The van der Waals surface area contributed by atoms with Gasteiger partial charge in [0.25, 0.3) is 0 Å². The first-order valence-corrected chi connectivity index (χ1v) is 6.18. The fourth-order valence-corrected chi connectivity index (χ4v) is 2.23. The maximum Gasteiger partial charge on any atom is 0.228 e. The Balaban J connectivity index is 1.99. The summed E-state index contributed by atoms with van der Waals surface area (Å²) in [5, 5.41) is 3.91. The number of thioether (sulfide) groups is 1. The normalized spacial score (nSPS) is 24.0. The van der Waals surface area contributed by atoms with E-state index in [2.05, 4.69) is 10.1 Å². The standard InChI is InChI=1S/C9H15N3O2S/c1-6(10)4-8-11-9(12-14-8)7-5-15-3-2-13-7/h6-7H,2-5,10H2,1H3. The summed E-state index contributed by atoms with van der Waals surface area (Å²) in [5.74, 6) is 3.19. The third kappa shape index (κ3) is 2.93. The zero-order valence-electron chi connectivity index (χ0n) is 8.68.